The predicted molar refractivity (Wildman–Crippen MR) is 64.6 cm³/mol. The molecule has 0 aliphatic carbocycles. The quantitative estimate of drug-likeness (QED) is 0.773. The molecule has 0 aromatic heterocycles. The predicted octanol–water partition coefficient (Wildman–Crippen LogP) is 2.67. The van der Waals surface area contributed by atoms with E-state index in [4.69, 9.17) is 5.26 Å². The smallest absolute Gasteiger partial charge is 0.0672 e. The molecule has 0 amide bonds. The standard InChI is InChI=1S/C14H18N2/c1-2-13-10-16(11-14(13)8-15)9-12-6-4-3-5-7-12/h3-7,13-14H,2,9-11H2,1H3/t13-,14+/m0/s1. The first kappa shape index (κ1) is 11.2. The Bertz CT molecular complexity index is 366. The van der Waals surface area contributed by atoms with E-state index in [1.165, 1.54) is 5.56 Å². The first-order chi connectivity index (χ1) is 7.83. The van der Waals surface area contributed by atoms with Crippen LogP contribution in [-0.4, -0.2) is 18.0 Å². The van der Waals surface area contributed by atoms with Gasteiger partial charge in [-0.3, -0.25) is 4.90 Å². The van der Waals surface area contributed by atoms with E-state index in [2.05, 4.69) is 42.2 Å². The van der Waals surface area contributed by atoms with Crippen LogP contribution in [0.2, 0.25) is 0 Å². The van der Waals surface area contributed by atoms with Crippen LogP contribution in [0.15, 0.2) is 30.3 Å². The lowest BCUT2D eigenvalue weighted by Gasteiger charge is -2.15. The maximum atomic E-state index is 9.07. The number of benzene rings is 1. The first-order valence-corrected chi connectivity index (χ1v) is 5.99. The highest BCUT2D eigenvalue weighted by atomic mass is 15.1. The molecule has 2 atom stereocenters. The molecule has 1 heterocycles. The summed E-state index contributed by atoms with van der Waals surface area (Å²) in [7, 11) is 0. The highest BCUT2D eigenvalue weighted by Gasteiger charge is 2.31. The summed E-state index contributed by atoms with van der Waals surface area (Å²) < 4.78 is 0. The fourth-order valence-corrected chi connectivity index (χ4v) is 2.49. The summed E-state index contributed by atoms with van der Waals surface area (Å²) in [6.45, 7) is 5.17. The number of nitriles is 1. The molecule has 0 bridgehead atoms. The molecule has 0 radical (unpaired) electrons. The first-order valence-electron chi connectivity index (χ1n) is 5.99. The average molecular weight is 214 g/mol. The second-order valence-electron chi connectivity index (χ2n) is 4.58. The lowest BCUT2D eigenvalue weighted by molar-refractivity contribution is 0.314. The molecule has 2 rings (SSSR count). The van der Waals surface area contributed by atoms with E-state index in [0.29, 0.717) is 5.92 Å². The van der Waals surface area contributed by atoms with Crippen molar-refractivity contribution in [3.8, 4) is 6.07 Å². The van der Waals surface area contributed by atoms with Crippen molar-refractivity contribution in [3.05, 3.63) is 35.9 Å². The average Bonchev–Trinajstić information content (AvgIpc) is 2.72. The molecule has 1 fully saturated rings. The van der Waals surface area contributed by atoms with Gasteiger partial charge in [-0.25, -0.2) is 0 Å². The summed E-state index contributed by atoms with van der Waals surface area (Å²) in [5, 5.41) is 9.07. The zero-order valence-corrected chi connectivity index (χ0v) is 9.76. The van der Waals surface area contributed by atoms with Crippen molar-refractivity contribution >= 4 is 0 Å². The number of hydrogen-bond donors (Lipinski definition) is 0. The molecular formula is C14H18N2. The monoisotopic (exact) mass is 214 g/mol. The summed E-state index contributed by atoms with van der Waals surface area (Å²) in [4.78, 5) is 2.40. The number of nitrogens with zero attached hydrogens (tertiary/aromatic N) is 2. The molecule has 1 aliphatic rings. The van der Waals surface area contributed by atoms with Gasteiger partial charge in [-0.15, -0.1) is 0 Å². The Balaban J connectivity index is 1.96. The number of likely N-dealkylation sites (tertiary alicyclic amines) is 1. The highest BCUT2D eigenvalue weighted by molar-refractivity contribution is 5.15. The third kappa shape index (κ3) is 2.43. The minimum absolute atomic E-state index is 0.230. The van der Waals surface area contributed by atoms with E-state index >= 15 is 0 Å². The van der Waals surface area contributed by atoms with Gasteiger partial charge in [0.2, 0.25) is 0 Å². The van der Waals surface area contributed by atoms with Gasteiger partial charge in [-0.1, -0.05) is 43.7 Å². The number of rotatable bonds is 3. The summed E-state index contributed by atoms with van der Waals surface area (Å²) >= 11 is 0. The van der Waals surface area contributed by atoms with Crippen LogP contribution in [0, 0.1) is 23.2 Å². The third-order valence-electron chi connectivity index (χ3n) is 3.46. The van der Waals surface area contributed by atoms with Crippen molar-refractivity contribution in [3.63, 3.8) is 0 Å². The molecule has 0 saturated carbocycles. The normalized spacial score (nSPS) is 25.5. The maximum absolute atomic E-state index is 9.07. The fourth-order valence-electron chi connectivity index (χ4n) is 2.49. The Morgan fingerprint density at radius 2 is 2.06 bits per heavy atom. The summed E-state index contributed by atoms with van der Waals surface area (Å²) in [6, 6.07) is 12.9. The molecule has 1 saturated heterocycles. The summed E-state index contributed by atoms with van der Waals surface area (Å²) in [5.74, 6) is 0.794. The largest absolute Gasteiger partial charge is 0.297 e. The molecule has 1 aromatic carbocycles. The van der Waals surface area contributed by atoms with Crippen molar-refractivity contribution in [2.75, 3.05) is 13.1 Å². The van der Waals surface area contributed by atoms with Gasteiger partial charge in [-0.05, 0) is 11.5 Å². The van der Waals surface area contributed by atoms with Crippen LogP contribution in [0.5, 0.6) is 0 Å². The van der Waals surface area contributed by atoms with E-state index in [9.17, 15) is 0 Å². The van der Waals surface area contributed by atoms with Crippen molar-refractivity contribution in [1.29, 1.82) is 5.26 Å². The fraction of sp³-hybridized carbons (Fsp3) is 0.500. The van der Waals surface area contributed by atoms with Crippen LogP contribution in [-0.2, 0) is 6.54 Å². The van der Waals surface area contributed by atoms with Crippen molar-refractivity contribution < 1.29 is 0 Å². The van der Waals surface area contributed by atoms with E-state index in [1.807, 2.05) is 6.07 Å². The van der Waals surface area contributed by atoms with E-state index in [1.54, 1.807) is 0 Å². The molecule has 16 heavy (non-hydrogen) atoms. The lowest BCUT2D eigenvalue weighted by Crippen LogP contribution is -2.20. The maximum Gasteiger partial charge on any atom is 0.0672 e. The molecular weight excluding hydrogens is 196 g/mol. The molecule has 1 aliphatic heterocycles. The van der Waals surface area contributed by atoms with Gasteiger partial charge >= 0.3 is 0 Å². The van der Waals surface area contributed by atoms with E-state index in [0.717, 1.165) is 26.1 Å². The minimum Gasteiger partial charge on any atom is -0.297 e. The lowest BCUT2D eigenvalue weighted by atomic mass is 9.95. The van der Waals surface area contributed by atoms with E-state index < -0.39 is 0 Å². The van der Waals surface area contributed by atoms with Crippen molar-refractivity contribution in [1.82, 2.24) is 4.90 Å². The van der Waals surface area contributed by atoms with Gasteiger partial charge in [0.15, 0.2) is 0 Å². The van der Waals surface area contributed by atoms with Gasteiger partial charge in [0.05, 0.1) is 12.0 Å². The molecule has 84 valence electrons. The molecule has 1 aromatic rings. The second-order valence-corrected chi connectivity index (χ2v) is 4.58. The third-order valence-corrected chi connectivity index (χ3v) is 3.46. The van der Waals surface area contributed by atoms with Crippen LogP contribution in [0.25, 0.3) is 0 Å². The van der Waals surface area contributed by atoms with E-state index in [-0.39, 0.29) is 5.92 Å². The Labute approximate surface area is 97.5 Å². The molecule has 0 unspecified atom stereocenters. The van der Waals surface area contributed by atoms with Crippen LogP contribution >= 0.6 is 0 Å². The van der Waals surface area contributed by atoms with Crippen LogP contribution in [0.1, 0.15) is 18.9 Å². The van der Waals surface area contributed by atoms with Crippen LogP contribution < -0.4 is 0 Å². The Kier molecular flexibility index (Phi) is 3.58. The van der Waals surface area contributed by atoms with Crippen LogP contribution in [0.3, 0.4) is 0 Å². The van der Waals surface area contributed by atoms with Crippen molar-refractivity contribution in [2.24, 2.45) is 11.8 Å². The Hall–Kier alpha value is -1.33. The number of hydrogen-bond acceptors (Lipinski definition) is 2. The Morgan fingerprint density at radius 3 is 2.62 bits per heavy atom. The molecule has 0 N–H and O–H groups in total. The SMILES string of the molecule is CC[C@H]1CN(Cc2ccccc2)C[C@H]1C#N. The second kappa shape index (κ2) is 5.14. The summed E-state index contributed by atoms with van der Waals surface area (Å²) in [5.41, 5.74) is 1.34. The highest BCUT2D eigenvalue weighted by Crippen LogP contribution is 2.26. The topological polar surface area (TPSA) is 27.0 Å². The molecule has 0 spiro atoms. The Morgan fingerprint density at radius 1 is 1.31 bits per heavy atom. The summed E-state index contributed by atoms with van der Waals surface area (Å²) in [6.07, 6.45) is 1.11. The zero-order valence-electron chi connectivity index (χ0n) is 9.76. The minimum atomic E-state index is 0.230. The van der Waals surface area contributed by atoms with Gasteiger partial charge in [0, 0.05) is 19.6 Å². The van der Waals surface area contributed by atoms with Gasteiger partial charge in [0.1, 0.15) is 0 Å². The molecule has 2 nitrogen and oxygen atoms in total. The zero-order chi connectivity index (χ0) is 11.4. The van der Waals surface area contributed by atoms with Gasteiger partial charge in [0.25, 0.3) is 0 Å². The van der Waals surface area contributed by atoms with Gasteiger partial charge in [-0.2, -0.15) is 5.26 Å². The molecule has 2 heteroatoms. The van der Waals surface area contributed by atoms with Crippen molar-refractivity contribution in [2.45, 2.75) is 19.9 Å². The van der Waals surface area contributed by atoms with Crippen LogP contribution in [0.4, 0.5) is 0 Å². The van der Waals surface area contributed by atoms with Gasteiger partial charge < -0.3 is 0 Å².